The smallest absolute Gasteiger partial charge is 0.329 e. The normalized spacial score (nSPS) is 26.8. The Morgan fingerprint density at radius 3 is 2.64 bits per heavy atom. The van der Waals surface area contributed by atoms with Gasteiger partial charge in [-0.15, -0.1) is 0 Å². The number of nitrogens with zero attached hydrogens (tertiary/aromatic N) is 2. The lowest BCUT2D eigenvalue weighted by Gasteiger charge is -2.37. The summed E-state index contributed by atoms with van der Waals surface area (Å²) in [4.78, 5) is 39.8. The Morgan fingerprint density at radius 1 is 1.28 bits per heavy atom. The van der Waals surface area contributed by atoms with Crippen LogP contribution in [0.1, 0.15) is 20.3 Å². The fourth-order valence-electron chi connectivity index (χ4n) is 3.05. The summed E-state index contributed by atoms with van der Waals surface area (Å²) in [6.45, 7) is 4.66. The molecule has 2 aliphatic heterocycles. The van der Waals surface area contributed by atoms with Gasteiger partial charge in [0.15, 0.2) is 0 Å². The van der Waals surface area contributed by atoms with E-state index in [0.29, 0.717) is 13.2 Å². The molecule has 0 bridgehead atoms. The van der Waals surface area contributed by atoms with Gasteiger partial charge in [-0.3, -0.25) is 9.59 Å². The second-order valence-electron chi connectivity index (χ2n) is 6.40. The van der Waals surface area contributed by atoms with Crippen LogP contribution in [-0.2, 0) is 14.3 Å². The summed E-state index contributed by atoms with van der Waals surface area (Å²) in [7, 11) is 0. The van der Waals surface area contributed by atoms with Gasteiger partial charge in [0.2, 0.25) is 5.91 Å². The van der Waals surface area contributed by atoms with Crippen molar-refractivity contribution >= 4 is 23.5 Å². The first kappa shape index (κ1) is 17.3. The largest absolute Gasteiger partial charge is 0.375 e. The van der Waals surface area contributed by atoms with Crippen LogP contribution in [0.4, 0.5) is 14.9 Å². The summed E-state index contributed by atoms with van der Waals surface area (Å²) < 4.78 is 18.5. The fraction of sp³-hybridized carbons (Fsp3) is 0.471. The highest BCUT2D eigenvalue weighted by Crippen LogP contribution is 2.22. The Balaban J connectivity index is 1.69. The van der Waals surface area contributed by atoms with E-state index in [1.54, 1.807) is 4.90 Å². The molecule has 4 amide bonds. The van der Waals surface area contributed by atoms with Gasteiger partial charge in [0.25, 0.3) is 5.91 Å². The number of hydrogen-bond acceptors (Lipinski definition) is 4. The van der Waals surface area contributed by atoms with Crippen molar-refractivity contribution in [2.75, 3.05) is 18.1 Å². The number of carbonyl (C=O) groups excluding carboxylic acids is 3. The molecule has 2 saturated heterocycles. The van der Waals surface area contributed by atoms with Gasteiger partial charge in [-0.1, -0.05) is 0 Å². The van der Waals surface area contributed by atoms with Gasteiger partial charge >= 0.3 is 6.03 Å². The van der Waals surface area contributed by atoms with Gasteiger partial charge in [0, 0.05) is 6.54 Å². The van der Waals surface area contributed by atoms with Gasteiger partial charge in [0.05, 0.1) is 30.9 Å². The van der Waals surface area contributed by atoms with Crippen LogP contribution in [-0.4, -0.2) is 54.1 Å². The Morgan fingerprint density at radius 2 is 1.96 bits per heavy atom. The van der Waals surface area contributed by atoms with Crippen molar-refractivity contribution in [1.82, 2.24) is 10.2 Å². The van der Waals surface area contributed by atoms with E-state index in [4.69, 9.17) is 4.74 Å². The maximum absolute atomic E-state index is 13.0. The molecule has 0 radical (unpaired) electrons. The van der Waals surface area contributed by atoms with E-state index in [0.717, 1.165) is 4.90 Å². The minimum Gasteiger partial charge on any atom is -0.375 e. The molecule has 7 nitrogen and oxygen atoms in total. The Hall–Kier alpha value is -2.48. The lowest BCUT2D eigenvalue weighted by Crippen LogP contribution is -2.51. The second kappa shape index (κ2) is 6.79. The molecule has 2 fully saturated rings. The zero-order chi connectivity index (χ0) is 18.1. The number of rotatable bonds is 3. The van der Waals surface area contributed by atoms with Crippen molar-refractivity contribution in [2.45, 2.75) is 38.5 Å². The number of urea groups is 1. The van der Waals surface area contributed by atoms with E-state index in [9.17, 15) is 18.8 Å². The Bertz CT molecular complexity index is 694. The van der Waals surface area contributed by atoms with Crippen LogP contribution in [0.15, 0.2) is 24.3 Å². The highest BCUT2D eigenvalue weighted by Gasteiger charge is 2.41. The number of amides is 4. The SMILES string of the molecule is C[C@@H]1CN(C(=O)C[C@H]2NC(=O)N(c3ccc(F)cc3)C2=O)[C@H](C)CO1. The first-order valence-corrected chi connectivity index (χ1v) is 8.18. The first-order chi connectivity index (χ1) is 11.9. The molecule has 1 aromatic carbocycles. The number of nitrogens with one attached hydrogen (secondary N) is 1. The van der Waals surface area contributed by atoms with Crippen molar-refractivity contribution in [1.29, 1.82) is 0 Å². The van der Waals surface area contributed by atoms with Crippen molar-refractivity contribution in [2.24, 2.45) is 0 Å². The zero-order valence-corrected chi connectivity index (χ0v) is 14.1. The van der Waals surface area contributed by atoms with E-state index < -0.39 is 23.8 Å². The van der Waals surface area contributed by atoms with Crippen LogP contribution in [0, 0.1) is 5.82 Å². The van der Waals surface area contributed by atoms with Crippen molar-refractivity contribution in [3.8, 4) is 0 Å². The number of imide groups is 1. The lowest BCUT2D eigenvalue weighted by molar-refractivity contribution is -0.144. The Kier molecular flexibility index (Phi) is 4.71. The molecule has 134 valence electrons. The van der Waals surface area contributed by atoms with Crippen molar-refractivity contribution in [3.63, 3.8) is 0 Å². The molecular formula is C17H20FN3O4. The molecule has 0 spiro atoms. The molecule has 3 atom stereocenters. The number of morpholine rings is 1. The van der Waals surface area contributed by atoms with Crippen molar-refractivity contribution in [3.05, 3.63) is 30.1 Å². The van der Waals surface area contributed by atoms with Crippen LogP contribution >= 0.6 is 0 Å². The summed E-state index contributed by atoms with van der Waals surface area (Å²) in [6.07, 6.45) is -0.177. The summed E-state index contributed by atoms with van der Waals surface area (Å²) >= 11 is 0. The van der Waals surface area contributed by atoms with Crippen LogP contribution in [0.2, 0.25) is 0 Å². The van der Waals surface area contributed by atoms with Gasteiger partial charge in [-0.2, -0.15) is 0 Å². The molecule has 0 aromatic heterocycles. The van der Waals surface area contributed by atoms with Crippen LogP contribution in [0.5, 0.6) is 0 Å². The molecule has 3 rings (SSSR count). The Labute approximate surface area is 144 Å². The maximum atomic E-state index is 13.0. The average molecular weight is 349 g/mol. The fourth-order valence-corrected chi connectivity index (χ4v) is 3.05. The van der Waals surface area contributed by atoms with Crippen LogP contribution in [0.3, 0.4) is 0 Å². The number of benzene rings is 1. The predicted octanol–water partition coefficient (Wildman–Crippen LogP) is 1.28. The first-order valence-electron chi connectivity index (χ1n) is 8.18. The summed E-state index contributed by atoms with van der Waals surface area (Å²) in [5.41, 5.74) is 0.271. The molecule has 0 saturated carbocycles. The third-order valence-corrected chi connectivity index (χ3v) is 4.41. The van der Waals surface area contributed by atoms with E-state index in [2.05, 4.69) is 5.32 Å². The molecule has 0 aliphatic carbocycles. The topological polar surface area (TPSA) is 79.0 Å². The number of ether oxygens (including phenoxy) is 1. The highest BCUT2D eigenvalue weighted by atomic mass is 19.1. The predicted molar refractivity (Wildman–Crippen MR) is 87.4 cm³/mol. The maximum Gasteiger partial charge on any atom is 0.329 e. The number of hydrogen-bond donors (Lipinski definition) is 1. The molecule has 1 aromatic rings. The van der Waals surface area contributed by atoms with E-state index in [1.165, 1.54) is 24.3 Å². The van der Waals surface area contributed by atoms with E-state index in [1.807, 2.05) is 13.8 Å². The number of carbonyl (C=O) groups is 3. The van der Waals surface area contributed by atoms with Crippen LogP contribution < -0.4 is 10.2 Å². The molecule has 2 aliphatic rings. The molecule has 2 heterocycles. The second-order valence-corrected chi connectivity index (χ2v) is 6.40. The number of halogens is 1. The lowest BCUT2D eigenvalue weighted by atomic mass is 10.1. The third-order valence-electron chi connectivity index (χ3n) is 4.41. The minimum atomic E-state index is -0.921. The van der Waals surface area contributed by atoms with Crippen LogP contribution in [0.25, 0.3) is 0 Å². The standard InChI is InChI=1S/C17H20FN3O4/c1-10-9-25-11(2)8-20(10)15(22)7-14-16(23)21(17(24)19-14)13-5-3-12(18)4-6-13/h3-6,10-11,14H,7-9H2,1-2H3,(H,19,24)/t10-,11-,14-/m1/s1. The van der Waals surface area contributed by atoms with Gasteiger partial charge in [-0.25, -0.2) is 14.1 Å². The molecular weight excluding hydrogens is 329 g/mol. The van der Waals surface area contributed by atoms with Gasteiger partial charge in [-0.05, 0) is 38.1 Å². The average Bonchev–Trinajstić information content (AvgIpc) is 2.84. The van der Waals surface area contributed by atoms with Gasteiger partial charge in [0.1, 0.15) is 11.9 Å². The third kappa shape index (κ3) is 3.48. The number of anilines is 1. The van der Waals surface area contributed by atoms with E-state index in [-0.39, 0.29) is 30.2 Å². The summed E-state index contributed by atoms with van der Waals surface area (Å²) in [5.74, 6) is -1.18. The quantitative estimate of drug-likeness (QED) is 0.834. The summed E-state index contributed by atoms with van der Waals surface area (Å²) in [6, 6.07) is 3.43. The summed E-state index contributed by atoms with van der Waals surface area (Å²) in [5, 5.41) is 2.53. The molecule has 25 heavy (non-hydrogen) atoms. The molecule has 1 N–H and O–H groups in total. The monoisotopic (exact) mass is 349 g/mol. The minimum absolute atomic E-state index is 0.0651. The van der Waals surface area contributed by atoms with Crippen molar-refractivity contribution < 1.29 is 23.5 Å². The zero-order valence-electron chi connectivity index (χ0n) is 14.1. The highest BCUT2D eigenvalue weighted by molar-refractivity contribution is 6.22. The molecule has 8 heteroatoms. The van der Waals surface area contributed by atoms with E-state index >= 15 is 0 Å². The van der Waals surface area contributed by atoms with Gasteiger partial charge < -0.3 is 15.0 Å². The molecule has 0 unspecified atom stereocenters.